The van der Waals surface area contributed by atoms with Gasteiger partial charge in [0.15, 0.2) is 5.82 Å². The molecule has 2 aromatic rings. The lowest BCUT2D eigenvalue weighted by Crippen LogP contribution is -2.53. The first-order chi connectivity index (χ1) is 11.3. The molecule has 1 saturated heterocycles. The van der Waals surface area contributed by atoms with Crippen LogP contribution in [0.4, 0.5) is 0 Å². The topological polar surface area (TPSA) is 47.5 Å². The number of aromatic nitrogens is 2. The predicted octanol–water partition coefficient (Wildman–Crippen LogP) is 2.45. The largest absolute Gasteiger partial charge is 0.488 e. The van der Waals surface area contributed by atoms with E-state index >= 15 is 0 Å². The smallest absolute Gasteiger partial charge is 0.153 e. The normalized spacial score (nSPS) is 15.4. The number of hydrogen-bond donors (Lipinski definition) is 0. The van der Waals surface area contributed by atoms with Gasteiger partial charge in [0, 0.05) is 44.7 Å². The van der Waals surface area contributed by atoms with E-state index < -0.39 is 0 Å². The van der Waals surface area contributed by atoms with Gasteiger partial charge in [0.1, 0.15) is 18.5 Å². The van der Waals surface area contributed by atoms with Crippen LogP contribution in [0.2, 0.25) is 0 Å². The first-order valence-electron chi connectivity index (χ1n) is 8.03. The standard InChI is InChI=1S/C18H23N3O2/c1-3-14-5-4-6-16(7-14)23-17-11-21(12-17)10-15-8-19-18(13-22-2)20-9-15/h4-9,17H,3,10-13H2,1-2H3. The van der Waals surface area contributed by atoms with Gasteiger partial charge in [-0.05, 0) is 24.1 Å². The summed E-state index contributed by atoms with van der Waals surface area (Å²) in [5, 5.41) is 0. The van der Waals surface area contributed by atoms with Crippen LogP contribution in [0, 0.1) is 0 Å². The van der Waals surface area contributed by atoms with Crippen LogP contribution in [0.15, 0.2) is 36.7 Å². The second kappa shape index (κ2) is 7.53. The molecule has 0 unspecified atom stereocenters. The van der Waals surface area contributed by atoms with Crippen LogP contribution in [0.25, 0.3) is 0 Å². The third-order valence-electron chi connectivity index (χ3n) is 3.97. The Morgan fingerprint density at radius 1 is 1.17 bits per heavy atom. The highest BCUT2D eigenvalue weighted by molar-refractivity contribution is 5.28. The Labute approximate surface area is 137 Å². The number of aryl methyl sites for hydroxylation is 1. The summed E-state index contributed by atoms with van der Waals surface area (Å²) in [7, 11) is 1.65. The van der Waals surface area contributed by atoms with E-state index in [9.17, 15) is 0 Å². The Morgan fingerprint density at radius 3 is 2.65 bits per heavy atom. The molecule has 0 atom stereocenters. The molecule has 1 aromatic carbocycles. The molecule has 0 radical (unpaired) electrons. The van der Waals surface area contributed by atoms with Gasteiger partial charge in [0.25, 0.3) is 0 Å². The van der Waals surface area contributed by atoms with Crippen molar-refractivity contribution in [3.63, 3.8) is 0 Å². The molecule has 0 aliphatic carbocycles. The molecule has 0 N–H and O–H groups in total. The molecule has 3 rings (SSSR count). The minimum atomic E-state index is 0.274. The third-order valence-corrected chi connectivity index (χ3v) is 3.97. The Morgan fingerprint density at radius 2 is 1.96 bits per heavy atom. The first kappa shape index (κ1) is 15.9. The zero-order valence-electron chi connectivity index (χ0n) is 13.7. The zero-order valence-corrected chi connectivity index (χ0v) is 13.7. The van der Waals surface area contributed by atoms with Crippen molar-refractivity contribution < 1.29 is 9.47 Å². The van der Waals surface area contributed by atoms with E-state index in [1.54, 1.807) is 7.11 Å². The van der Waals surface area contributed by atoms with Crippen molar-refractivity contribution in [2.45, 2.75) is 32.6 Å². The Balaban J connectivity index is 1.45. The lowest BCUT2D eigenvalue weighted by Gasteiger charge is -2.38. The van der Waals surface area contributed by atoms with Crippen molar-refractivity contribution in [3.8, 4) is 5.75 Å². The van der Waals surface area contributed by atoms with Crippen LogP contribution < -0.4 is 4.74 Å². The van der Waals surface area contributed by atoms with Gasteiger partial charge in [-0.15, -0.1) is 0 Å². The van der Waals surface area contributed by atoms with E-state index in [2.05, 4.69) is 40.0 Å². The van der Waals surface area contributed by atoms with Gasteiger partial charge in [-0.3, -0.25) is 4.90 Å². The predicted molar refractivity (Wildman–Crippen MR) is 88.3 cm³/mol. The van der Waals surface area contributed by atoms with Crippen LogP contribution in [0.1, 0.15) is 23.9 Å². The molecule has 5 nitrogen and oxygen atoms in total. The molecule has 0 bridgehead atoms. The van der Waals surface area contributed by atoms with Crippen LogP contribution in [-0.2, 0) is 24.3 Å². The lowest BCUT2D eigenvalue weighted by atomic mass is 10.1. The summed E-state index contributed by atoms with van der Waals surface area (Å²) >= 11 is 0. The summed E-state index contributed by atoms with van der Waals surface area (Å²) in [6, 6.07) is 8.35. The van der Waals surface area contributed by atoms with Gasteiger partial charge >= 0.3 is 0 Å². The second-order valence-electron chi connectivity index (χ2n) is 5.88. The van der Waals surface area contributed by atoms with E-state index in [1.807, 2.05) is 18.5 Å². The number of nitrogens with zero attached hydrogens (tertiary/aromatic N) is 3. The van der Waals surface area contributed by atoms with Gasteiger partial charge in [0.2, 0.25) is 0 Å². The molecule has 122 valence electrons. The molecule has 1 aliphatic heterocycles. The number of ether oxygens (including phenoxy) is 2. The van der Waals surface area contributed by atoms with E-state index in [0.717, 1.165) is 43.2 Å². The lowest BCUT2D eigenvalue weighted by molar-refractivity contribution is 0.0144. The van der Waals surface area contributed by atoms with Gasteiger partial charge in [-0.2, -0.15) is 0 Å². The molecule has 1 aromatic heterocycles. The second-order valence-corrected chi connectivity index (χ2v) is 5.88. The van der Waals surface area contributed by atoms with E-state index in [4.69, 9.17) is 9.47 Å². The highest BCUT2D eigenvalue weighted by atomic mass is 16.5. The monoisotopic (exact) mass is 313 g/mol. The Hall–Kier alpha value is -1.98. The average Bonchev–Trinajstić information content (AvgIpc) is 2.55. The van der Waals surface area contributed by atoms with Crippen molar-refractivity contribution in [1.29, 1.82) is 0 Å². The number of hydrogen-bond acceptors (Lipinski definition) is 5. The molecule has 1 fully saturated rings. The summed E-state index contributed by atoms with van der Waals surface area (Å²) in [4.78, 5) is 10.9. The highest BCUT2D eigenvalue weighted by Gasteiger charge is 2.28. The maximum atomic E-state index is 6.02. The Kier molecular flexibility index (Phi) is 5.20. The van der Waals surface area contributed by atoms with Crippen LogP contribution in [0.3, 0.4) is 0 Å². The third kappa shape index (κ3) is 4.27. The van der Waals surface area contributed by atoms with Crippen molar-refractivity contribution in [3.05, 3.63) is 53.6 Å². The van der Waals surface area contributed by atoms with E-state index in [1.165, 1.54) is 5.56 Å². The number of methoxy groups -OCH3 is 1. The van der Waals surface area contributed by atoms with Gasteiger partial charge in [0.05, 0.1) is 0 Å². The highest BCUT2D eigenvalue weighted by Crippen LogP contribution is 2.20. The quantitative estimate of drug-likeness (QED) is 0.786. The molecule has 0 amide bonds. The summed E-state index contributed by atoms with van der Waals surface area (Å²) in [5.74, 6) is 1.69. The van der Waals surface area contributed by atoms with Crippen LogP contribution in [-0.4, -0.2) is 41.2 Å². The fourth-order valence-electron chi connectivity index (χ4n) is 2.68. The minimum absolute atomic E-state index is 0.274. The van der Waals surface area contributed by atoms with Crippen molar-refractivity contribution >= 4 is 0 Å². The van der Waals surface area contributed by atoms with E-state index in [-0.39, 0.29) is 6.10 Å². The Bertz CT molecular complexity index is 624. The summed E-state index contributed by atoms with van der Waals surface area (Å²) in [5.41, 5.74) is 2.43. The zero-order chi connectivity index (χ0) is 16.1. The molecule has 23 heavy (non-hydrogen) atoms. The number of benzene rings is 1. The molecule has 1 aliphatic rings. The SMILES string of the molecule is CCc1cccc(OC2CN(Cc3cnc(COC)nc3)C2)c1. The summed E-state index contributed by atoms with van der Waals surface area (Å²) in [6.45, 7) is 5.36. The first-order valence-corrected chi connectivity index (χ1v) is 8.03. The van der Waals surface area contributed by atoms with Gasteiger partial charge in [-0.25, -0.2) is 9.97 Å². The van der Waals surface area contributed by atoms with Crippen LogP contribution >= 0.6 is 0 Å². The van der Waals surface area contributed by atoms with E-state index in [0.29, 0.717) is 6.61 Å². The molecule has 0 saturated carbocycles. The fourth-order valence-corrected chi connectivity index (χ4v) is 2.68. The molecule has 2 heterocycles. The van der Waals surface area contributed by atoms with Crippen molar-refractivity contribution in [2.24, 2.45) is 0 Å². The molecular weight excluding hydrogens is 290 g/mol. The summed E-state index contributed by atoms with van der Waals surface area (Å²) in [6.07, 6.45) is 5.06. The average molecular weight is 313 g/mol. The molecule has 5 heteroatoms. The minimum Gasteiger partial charge on any atom is -0.488 e. The van der Waals surface area contributed by atoms with Gasteiger partial charge in [-0.1, -0.05) is 19.1 Å². The van der Waals surface area contributed by atoms with Crippen molar-refractivity contribution in [1.82, 2.24) is 14.9 Å². The van der Waals surface area contributed by atoms with Gasteiger partial charge < -0.3 is 9.47 Å². The number of likely N-dealkylation sites (tertiary alicyclic amines) is 1. The fraction of sp³-hybridized carbons (Fsp3) is 0.444. The number of rotatable bonds is 7. The maximum absolute atomic E-state index is 6.02. The van der Waals surface area contributed by atoms with Crippen molar-refractivity contribution in [2.75, 3.05) is 20.2 Å². The maximum Gasteiger partial charge on any atom is 0.153 e. The molecule has 0 spiro atoms. The molecular formula is C18H23N3O2. The van der Waals surface area contributed by atoms with Crippen LogP contribution in [0.5, 0.6) is 5.75 Å². The summed E-state index contributed by atoms with van der Waals surface area (Å²) < 4.78 is 11.0.